The Labute approximate surface area is 129 Å². The number of hydrogen-bond donors (Lipinski definition) is 0. The molecule has 0 saturated heterocycles. The topological polar surface area (TPSA) is 74.8 Å². The highest BCUT2D eigenvalue weighted by Gasteiger charge is 2.15. The van der Waals surface area contributed by atoms with Crippen LogP contribution in [0.1, 0.15) is 38.8 Å². The Hall–Kier alpha value is -2.50. The quantitative estimate of drug-likeness (QED) is 0.844. The van der Waals surface area contributed by atoms with Crippen molar-refractivity contribution < 1.29 is 19.2 Å². The van der Waals surface area contributed by atoms with Gasteiger partial charge in [0.05, 0.1) is 13.1 Å². The summed E-state index contributed by atoms with van der Waals surface area (Å²) in [6.07, 6.45) is 0. The molecule has 6 heteroatoms. The maximum Gasteiger partial charge on any atom is 0.226 e. The minimum absolute atomic E-state index is 0.202. The van der Waals surface area contributed by atoms with E-state index >= 15 is 0 Å². The second-order valence-electron chi connectivity index (χ2n) is 5.06. The maximum atomic E-state index is 11.4. The van der Waals surface area contributed by atoms with Crippen LogP contribution in [0.5, 0.6) is 0 Å². The zero-order valence-electron chi connectivity index (χ0n) is 13.3. The zero-order chi connectivity index (χ0) is 16.9. The van der Waals surface area contributed by atoms with E-state index in [1.165, 1.54) is 27.7 Å². The van der Waals surface area contributed by atoms with E-state index in [4.69, 9.17) is 0 Å². The molecule has 0 heterocycles. The average Bonchev–Trinajstić information content (AvgIpc) is 2.42. The number of carbonyl (C=O) groups is 4. The number of amides is 4. The number of rotatable bonds is 4. The van der Waals surface area contributed by atoms with Gasteiger partial charge in [-0.25, -0.2) is 0 Å². The zero-order valence-corrected chi connectivity index (χ0v) is 13.3. The van der Waals surface area contributed by atoms with Crippen molar-refractivity contribution in [3.05, 3.63) is 35.4 Å². The molecule has 0 radical (unpaired) electrons. The summed E-state index contributed by atoms with van der Waals surface area (Å²) in [5, 5.41) is 0. The van der Waals surface area contributed by atoms with Crippen LogP contribution in [0.15, 0.2) is 24.3 Å². The molecule has 0 aliphatic heterocycles. The third kappa shape index (κ3) is 4.80. The molecular formula is C16H20N2O4. The van der Waals surface area contributed by atoms with E-state index in [9.17, 15) is 19.2 Å². The van der Waals surface area contributed by atoms with Crippen molar-refractivity contribution in [3.8, 4) is 0 Å². The molecule has 0 saturated carbocycles. The lowest BCUT2D eigenvalue weighted by Gasteiger charge is -2.19. The summed E-state index contributed by atoms with van der Waals surface area (Å²) in [5.41, 5.74) is 1.60. The van der Waals surface area contributed by atoms with E-state index in [0.29, 0.717) is 0 Å². The maximum absolute atomic E-state index is 11.4. The molecule has 0 aromatic heterocycles. The largest absolute Gasteiger partial charge is 0.279 e. The van der Waals surface area contributed by atoms with Gasteiger partial charge in [0, 0.05) is 27.7 Å². The summed E-state index contributed by atoms with van der Waals surface area (Å²) in [4.78, 5) is 47.8. The van der Waals surface area contributed by atoms with Gasteiger partial charge in [-0.15, -0.1) is 0 Å². The highest BCUT2D eigenvalue weighted by atomic mass is 16.2. The molecule has 0 aliphatic carbocycles. The van der Waals surface area contributed by atoms with Crippen LogP contribution in [-0.4, -0.2) is 33.4 Å². The second kappa shape index (κ2) is 7.49. The van der Waals surface area contributed by atoms with Crippen molar-refractivity contribution in [1.29, 1.82) is 0 Å². The SMILES string of the molecule is CC(=O)N(Cc1ccc(CN(C(C)=O)C(C)=O)cc1)C(C)=O. The highest BCUT2D eigenvalue weighted by Crippen LogP contribution is 2.11. The van der Waals surface area contributed by atoms with Crippen LogP contribution in [0.25, 0.3) is 0 Å². The van der Waals surface area contributed by atoms with Gasteiger partial charge >= 0.3 is 0 Å². The van der Waals surface area contributed by atoms with Crippen molar-refractivity contribution >= 4 is 23.6 Å². The monoisotopic (exact) mass is 304 g/mol. The number of benzene rings is 1. The van der Waals surface area contributed by atoms with Crippen LogP contribution in [0.3, 0.4) is 0 Å². The molecule has 0 N–H and O–H groups in total. The molecule has 22 heavy (non-hydrogen) atoms. The van der Waals surface area contributed by atoms with Gasteiger partial charge in [-0.05, 0) is 11.1 Å². The van der Waals surface area contributed by atoms with Gasteiger partial charge in [0.2, 0.25) is 23.6 Å². The first-order valence-corrected chi connectivity index (χ1v) is 6.87. The Morgan fingerprint density at radius 2 is 0.864 bits per heavy atom. The van der Waals surface area contributed by atoms with Crippen LogP contribution in [0.2, 0.25) is 0 Å². The van der Waals surface area contributed by atoms with Crippen molar-refractivity contribution in [2.45, 2.75) is 40.8 Å². The average molecular weight is 304 g/mol. The first kappa shape index (κ1) is 17.6. The fourth-order valence-corrected chi connectivity index (χ4v) is 2.00. The summed E-state index contributed by atoms with van der Waals surface area (Å²) in [5.74, 6) is -1.24. The molecule has 0 aliphatic rings. The Kier molecular flexibility index (Phi) is 5.98. The van der Waals surface area contributed by atoms with Gasteiger partial charge in [0.15, 0.2) is 0 Å². The fourth-order valence-electron chi connectivity index (χ4n) is 2.00. The summed E-state index contributed by atoms with van der Waals surface area (Å²) in [7, 11) is 0. The molecule has 1 aromatic rings. The van der Waals surface area contributed by atoms with Gasteiger partial charge in [0.1, 0.15) is 0 Å². The Bertz CT molecular complexity index is 512. The predicted octanol–water partition coefficient (Wildman–Crippen LogP) is 1.48. The van der Waals surface area contributed by atoms with Gasteiger partial charge in [-0.2, -0.15) is 0 Å². The predicted molar refractivity (Wildman–Crippen MR) is 80.3 cm³/mol. The highest BCUT2D eigenvalue weighted by molar-refractivity contribution is 5.93. The Morgan fingerprint density at radius 1 is 0.636 bits per heavy atom. The third-order valence-corrected chi connectivity index (χ3v) is 3.22. The van der Waals surface area contributed by atoms with E-state index in [1.54, 1.807) is 24.3 Å². The van der Waals surface area contributed by atoms with Crippen molar-refractivity contribution in [1.82, 2.24) is 9.80 Å². The molecular weight excluding hydrogens is 284 g/mol. The molecule has 4 amide bonds. The van der Waals surface area contributed by atoms with Crippen molar-refractivity contribution in [2.75, 3.05) is 0 Å². The van der Waals surface area contributed by atoms with Gasteiger partial charge in [-0.1, -0.05) is 24.3 Å². The van der Waals surface area contributed by atoms with Gasteiger partial charge in [-0.3, -0.25) is 29.0 Å². The minimum atomic E-state index is -0.309. The van der Waals surface area contributed by atoms with Crippen LogP contribution in [-0.2, 0) is 32.3 Å². The fraction of sp³-hybridized carbons (Fsp3) is 0.375. The van der Waals surface area contributed by atoms with Crippen LogP contribution < -0.4 is 0 Å². The molecule has 0 atom stereocenters. The molecule has 1 aromatic carbocycles. The van der Waals surface area contributed by atoms with Gasteiger partial charge < -0.3 is 0 Å². The Balaban J connectivity index is 2.82. The minimum Gasteiger partial charge on any atom is -0.279 e. The Morgan fingerprint density at radius 3 is 1.05 bits per heavy atom. The molecule has 6 nitrogen and oxygen atoms in total. The summed E-state index contributed by atoms with van der Waals surface area (Å²) < 4.78 is 0. The van der Waals surface area contributed by atoms with E-state index in [0.717, 1.165) is 20.9 Å². The second-order valence-corrected chi connectivity index (χ2v) is 5.06. The lowest BCUT2D eigenvalue weighted by molar-refractivity contribution is -0.144. The van der Waals surface area contributed by atoms with Crippen LogP contribution in [0, 0.1) is 0 Å². The number of nitrogens with zero attached hydrogens (tertiary/aromatic N) is 2. The molecule has 0 unspecified atom stereocenters. The summed E-state index contributed by atoms with van der Waals surface area (Å²) in [6, 6.07) is 7.08. The number of imide groups is 2. The lowest BCUT2D eigenvalue weighted by atomic mass is 10.1. The smallest absolute Gasteiger partial charge is 0.226 e. The van der Waals surface area contributed by atoms with Crippen molar-refractivity contribution in [3.63, 3.8) is 0 Å². The first-order chi connectivity index (χ1) is 10.2. The lowest BCUT2D eigenvalue weighted by Crippen LogP contribution is -2.33. The molecule has 118 valence electrons. The van der Waals surface area contributed by atoms with Crippen LogP contribution in [0.4, 0.5) is 0 Å². The summed E-state index contributed by atoms with van der Waals surface area (Å²) in [6.45, 7) is 5.77. The van der Waals surface area contributed by atoms with E-state index in [2.05, 4.69) is 0 Å². The van der Waals surface area contributed by atoms with Crippen molar-refractivity contribution in [2.24, 2.45) is 0 Å². The number of hydrogen-bond acceptors (Lipinski definition) is 4. The standard InChI is InChI=1S/C16H20N2O4/c1-11(19)17(12(2)20)9-15-5-7-16(8-6-15)10-18(13(3)21)14(4)22/h5-8H,9-10H2,1-4H3. The van der Waals surface area contributed by atoms with Crippen LogP contribution >= 0.6 is 0 Å². The first-order valence-electron chi connectivity index (χ1n) is 6.87. The third-order valence-electron chi connectivity index (χ3n) is 3.22. The van der Waals surface area contributed by atoms with E-state index in [1.807, 2.05) is 0 Å². The van der Waals surface area contributed by atoms with E-state index < -0.39 is 0 Å². The molecule has 0 bridgehead atoms. The molecule has 1 rings (SSSR count). The summed E-state index contributed by atoms with van der Waals surface area (Å²) >= 11 is 0. The normalized spacial score (nSPS) is 10.0. The molecule has 0 fully saturated rings. The molecule has 0 spiro atoms. The number of carbonyl (C=O) groups excluding carboxylic acids is 4. The van der Waals surface area contributed by atoms with E-state index in [-0.39, 0.29) is 36.7 Å². The van der Waals surface area contributed by atoms with Gasteiger partial charge in [0.25, 0.3) is 0 Å².